The first-order valence-electron chi connectivity index (χ1n) is 5.31. The molecule has 1 aromatic rings. The Labute approximate surface area is 122 Å². The van der Waals surface area contributed by atoms with Gasteiger partial charge in [0.25, 0.3) is 0 Å². The van der Waals surface area contributed by atoms with Gasteiger partial charge in [-0.05, 0) is 6.92 Å². The maximum Gasteiger partial charge on any atom is 0.379 e. The molecule has 10 heteroatoms. The molecule has 0 fully saturated rings. The highest BCUT2D eigenvalue weighted by molar-refractivity contribution is 5.85. The number of hydrogen-bond donors (Lipinski definition) is 2. The van der Waals surface area contributed by atoms with Crippen molar-refractivity contribution in [2.24, 2.45) is 5.73 Å². The molecule has 0 aliphatic heterocycles. The van der Waals surface area contributed by atoms with Crippen LogP contribution >= 0.6 is 12.4 Å². The van der Waals surface area contributed by atoms with Gasteiger partial charge in [-0.3, -0.25) is 0 Å². The summed E-state index contributed by atoms with van der Waals surface area (Å²) in [5, 5.41) is 9.23. The van der Waals surface area contributed by atoms with Gasteiger partial charge in [-0.2, -0.15) is 8.78 Å². The number of esters is 1. The fourth-order valence-corrected chi connectivity index (χ4v) is 1.43. The Morgan fingerprint density at radius 3 is 2.38 bits per heavy atom. The molecule has 120 valence electrons. The minimum Gasteiger partial charge on any atom is -0.507 e. The lowest BCUT2D eigenvalue weighted by atomic mass is 9.99. The molecular weight excluding hydrogens is 325 g/mol. The Hall–Kier alpha value is -1.61. The molecule has 1 rings (SSSR count). The summed E-state index contributed by atoms with van der Waals surface area (Å²) in [6.45, 7) is 0.850. The average Bonchev–Trinajstić information content (AvgIpc) is 2.36. The van der Waals surface area contributed by atoms with Crippen LogP contribution in [0.3, 0.4) is 0 Å². The van der Waals surface area contributed by atoms with Crippen LogP contribution in [0.5, 0.6) is 5.75 Å². The Morgan fingerprint density at radius 1 is 1.38 bits per heavy atom. The summed E-state index contributed by atoms with van der Waals surface area (Å²) in [6, 6.07) is -2.66. The topological polar surface area (TPSA) is 72.5 Å². The minimum atomic E-state index is -4.43. The third kappa shape index (κ3) is 3.53. The monoisotopic (exact) mass is 335 g/mol. The van der Waals surface area contributed by atoms with Gasteiger partial charge < -0.3 is 15.6 Å². The number of alkyl halides is 2. The zero-order chi connectivity index (χ0) is 15.7. The lowest BCUT2D eigenvalue weighted by Crippen LogP contribution is -2.42. The molecule has 0 amide bonds. The van der Waals surface area contributed by atoms with Gasteiger partial charge in [-0.1, -0.05) is 0 Å². The Bertz CT molecular complexity index is 541. The third-order valence-corrected chi connectivity index (χ3v) is 2.43. The van der Waals surface area contributed by atoms with Gasteiger partial charge in [0.15, 0.2) is 17.5 Å². The average molecular weight is 336 g/mol. The van der Waals surface area contributed by atoms with Crippen LogP contribution in [-0.2, 0) is 9.53 Å². The molecule has 0 unspecified atom stereocenters. The molecule has 21 heavy (non-hydrogen) atoms. The standard InChI is InChI=1S/C11H10F5NO3.ClH/c1-2-20-10(19)11(15,16)9(17)6-5(18)3-4(12)7(13)8(6)14;/h3,9,18H,2,17H2,1H3;1H/t9-;/m1./s1. The molecule has 0 spiro atoms. The summed E-state index contributed by atoms with van der Waals surface area (Å²) < 4.78 is 70.4. The van der Waals surface area contributed by atoms with E-state index in [-0.39, 0.29) is 18.5 Å². The predicted molar refractivity (Wildman–Crippen MR) is 63.7 cm³/mol. The zero-order valence-corrected chi connectivity index (χ0v) is 11.3. The van der Waals surface area contributed by atoms with Crippen molar-refractivity contribution in [3.63, 3.8) is 0 Å². The Kier molecular flexibility index (Phi) is 6.37. The molecule has 0 heterocycles. The second-order valence-electron chi connectivity index (χ2n) is 3.74. The van der Waals surface area contributed by atoms with Gasteiger partial charge in [0.2, 0.25) is 0 Å². The first-order chi connectivity index (χ1) is 9.14. The molecule has 0 aliphatic rings. The summed E-state index contributed by atoms with van der Waals surface area (Å²) in [6.07, 6.45) is 0. The maximum absolute atomic E-state index is 13.6. The van der Waals surface area contributed by atoms with Crippen LogP contribution in [0, 0.1) is 17.5 Å². The van der Waals surface area contributed by atoms with Gasteiger partial charge in [-0.15, -0.1) is 12.4 Å². The predicted octanol–water partition coefficient (Wildman–Crippen LogP) is 2.43. The van der Waals surface area contributed by atoms with Crippen LogP contribution in [0.2, 0.25) is 0 Å². The number of ether oxygens (including phenoxy) is 1. The number of phenolic OH excluding ortho intramolecular Hbond substituents is 1. The molecule has 1 aromatic carbocycles. The molecule has 1 atom stereocenters. The highest BCUT2D eigenvalue weighted by Gasteiger charge is 2.50. The maximum atomic E-state index is 13.6. The van der Waals surface area contributed by atoms with Crippen molar-refractivity contribution in [2.75, 3.05) is 6.61 Å². The van der Waals surface area contributed by atoms with E-state index < -0.39 is 53.3 Å². The van der Waals surface area contributed by atoms with Crippen LogP contribution in [0.4, 0.5) is 22.0 Å². The highest BCUT2D eigenvalue weighted by atomic mass is 35.5. The fourth-order valence-electron chi connectivity index (χ4n) is 1.43. The van der Waals surface area contributed by atoms with E-state index in [1.54, 1.807) is 0 Å². The molecule has 0 aliphatic carbocycles. The Balaban J connectivity index is 0.00000400. The number of halogens is 6. The van der Waals surface area contributed by atoms with Crippen molar-refractivity contribution < 1.29 is 36.6 Å². The number of benzene rings is 1. The van der Waals surface area contributed by atoms with Crippen molar-refractivity contribution in [2.45, 2.75) is 18.9 Å². The number of hydrogen-bond acceptors (Lipinski definition) is 4. The van der Waals surface area contributed by atoms with Crippen molar-refractivity contribution in [1.29, 1.82) is 0 Å². The third-order valence-electron chi connectivity index (χ3n) is 2.43. The normalized spacial score (nSPS) is 12.5. The number of rotatable bonds is 4. The van der Waals surface area contributed by atoms with Crippen LogP contribution in [-0.4, -0.2) is 23.6 Å². The van der Waals surface area contributed by atoms with Gasteiger partial charge in [0.1, 0.15) is 11.8 Å². The van der Waals surface area contributed by atoms with Gasteiger partial charge in [0.05, 0.1) is 12.2 Å². The first kappa shape index (κ1) is 19.4. The highest BCUT2D eigenvalue weighted by Crippen LogP contribution is 2.38. The molecule has 3 N–H and O–H groups in total. The SMILES string of the molecule is CCOC(=O)C(F)(F)[C@H](N)c1c(O)cc(F)c(F)c1F.Cl. The van der Waals surface area contributed by atoms with E-state index in [1.807, 2.05) is 0 Å². The summed E-state index contributed by atoms with van der Waals surface area (Å²) in [4.78, 5) is 11.0. The zero-order valence-electron chi connectivity index (χ0n) is 10.5. The summed E-state index contributed by atoms with van der Waals surface area (Å²) >= 11 is 0. The second-order valence-corrected chi connectivity index (χ2v) is 3.74. The van der Waals surface area contributed by atoms with Crippen LogP contribution in [0.15, 0.2) is 6.07 Å². The summed E-state index contributed by atoms with van der Waals surface area (Å²) in [5.74, 6) is -13.8. The van der Waals surface area contributed by atoms with Crippen molar-refractivity contribution in [3.05, 3.63) is 29.1 Å². The Morgan fingerprint density at radius 2 is 1.90 bits per heavy atom. The van der Waals surface area contributed by atoms with Crippen molar-refractivity contribution in [1.82, 2.24) is 0 Å². The smallest absolute Gasteiger partial charge is 0.379 e. The molecule has 4 nitrogen and oxygen atoms in total. The number of phenols is 1. The molecule has 0 radical (unpaired) electrons. The molecule has 0 aromatic heterocycles. The fraction of sp³-hybridized carbons (Fsp3) is 0.364. The molecular formula is C11H11ClF5NO3. The molecule has 0 saturated carbocycles. The van der Waals surface area contributed by atoms with Crippen molar-refractivity contribution >= 4 is 18.4 Å². The molecule has 0 saturated heterocycles. The largest absolute Gasteiger partial charge is 0.507 e. The van der Waals surface area contributed by atoms with Gasteiger partial charge in [0, 0.05) is 6.07 Å². The van der Waals surface area contributed by atoms with E-state index >= 15 is 0 Å². The summed E-state index contributed by atoms with van der Waals surface area (Å²) in [5.41, 5.74) is 3.57. The molecule has 0 bridgehead atoms. The second kappa shape index (κ2) is 6.90. The van der Waals surface area contributed by atoms with E-state index in [0.717, 1.165) is 0 Å². The van der Waals surface area contributed by atoms with E-state index in [0.29, 0.717) is 0 Å². The van der Waals surface area contributed by atoms with E-state index in [2.05, 4.69) is 4.74 Å². The van der Waals surface area contributed by atoms with Crippen LogP contribution in [0.25, 0.3) is 0 Å². The van der Waals surface area contributed by atoms with E-state index in [1.165, 1.54) is 6.92 Å². The summed E-state index contributed by atoms with van der Waals surface area (Å²) in [7, 11) is 0. The van der Waals surface area contributed by atoms with Crippen molar-refractivity contribution in [3.8, 4) is 5.75 Å². The number of carbonyl (C=O) groups excluding carboxylic acids is 1. The quantitative estimate of drug-likeness (QED) is 0.503. The van der Waals surface area contributed by atoms with Gasteiger partial charge >= 0.3 is 11.9 Å². The number of carbonyl (C=O) groups is 1. The lowest BCUT2D eigenvalue weighted by molar-refractivity contribution is -0.175. The van der Waals surface area contributed by atoms with E-state index in [4.69, 9.17) is 5.73 Å². The minimum absolute atomic E-state index is 0. The number of aromatic hydroxyl groups is 1. The number of nitrogens with two attached hydrogens (primary N) is 1. The lowest BCUT2D eigenvalue weighted by Gasteiger charge is -2.23. The van der Waals surface area contributed by atoms with E-state index in [9.17, 15) is 31.9 Å². The van der Waals surface area contributed by atoms with Gasteiger partial charge in [-0.25, -0.2) is 18.0 Å². The first-order valence-corrected chi connectivity index (χ1v) is 5.31. The van der Waals surface area contributed by atoms with Crippen LogP contribution in [0.1, 0.15) is 18.5 Å². The van der Waals surface area contributed by atoms with Crippen LogP contribution < -0.4 is 5.73 Å².